The third-order valence-electron chi connectivity index (χ3n) is 2.51. The Bertz CT molecular complexity index is 464. The minimum atomic E-state index is -4.23. The molecule has 0 saturated carbocycles. The second-order valence-corrected chi connectivity index (χ2v) is 4.18. The SMILES string of the molecule is Nc1c(F)cc(C(=O)NCCCCC(F)(F)F)cc1F. The summed E-state index contributed by atoms with van der Waals surface area (Å²) in [5.41, 5.74) is 4.08. The number of amides is 1. The molecule has 8 heteroatoms. The maximum atomic E-state index is 13.1. The number of halogens is 5. The van der Waals surface area contributed by atoms with E-state index in [0.717, 1.165) is 12.1 Å². The van der Waals surface area contributed by atoms with E-state index in [0.29, 0.717) is 0 Å². The monoisotopic (exact) mass is 296 g/mol. The van der Waals surface area contributed by atoms with Gasteiger partial charge in [0.25, 0.3) is 5.91 Å². The van der Waals surface area contributed by atoms with Crippen LogP contribution in [0.2, 0.25) is 0 Å². The topological polar surface area (TPSA) is 55.1 Å². The fraction of sp³-hybridized carbons (Fsp3) is 0.417. The van der Waals surface area contributed by atoms with Gasteiger partial charge in [-0.05, 0) is 25.0 Å². The zero-order valence-corrected chi connectivity index (χ0v) is 10.4. The van der Waals surface area contributed by atoms with Crippen LogP contribution < -0.4 is 11.1 Å². The van der Waals surface area contributed by atoms with Crippen molar-refractivity contribution < 1.29 is 26.7 Å². The molecule has 3 N–H and O–H groups in total. The number of nitrogen functional groups attached to an aromatic ring is 1. The lowest BCUT2D eigenvalue weighted by Crippen LogP contribution is -2.25. The highest BCUT2D eigenvalue weighted by molar-refractivity contribution is 5.94. The van der Waals surface area contributed by atoms with E-state index in [4.69, 9.17) is 5.73 Å². The molecule has 1 aromatic carbocycles. The molecule has 0 aliphatic carbocycles. The number of anilines is 1. The maximum Gasteiger partial charge on any atom is 0.389 e. The number of carbonyl (C=O) groups excluding carboxylic acids is 1. The van der Waals surface area contributed by atoms with Gasteiger partial charge in [0.05, 0.1) is 0 Å². The van der Waals surface area contributed by atoms with Gasteiger partial charge in [-0.15, -0.1) is 0 Å². The van der Waals surface area contributed by atoms with Gasteiger partial charge in [-0.3, -0.25) is 4.79 Å². The van der Waals surface area contributed by atoms with Gasteiger partial charge in [0.1, 0.15) is 17.3 Å². The van der Waals surface area contributed by atoms with Crippen LogP contribution in [-0.4, -0.2) is 18.6 Å². The van der Waals surface area contributed by atoms with Crippen LogP contribution in [0.3, 0.4) is 0 Å². The fourth-order valence-corrected chi connectivity index (χ4v) is 1.47. The Kier molecular flexibility index (Phi) is 5.29. The van der Waals surface area contributed by atoms with Gasteiger partial charge in [-0.2, -0.15) is 13.2 Å². The standard InChI is InChI=1S/C12H13F5N2O/c13-8-5-7(6-9(14)10(8)18)11(20)19-4-2-1-3-12(15,16)17/h5-6H,1-4,18H2,(H,19,20). The summed E-state index contributed by atoms with van der Waals surface area (Å²) in [6.07, 6.45) is -5.18. The van der Waals surface area contributed by atoms with E-state index < -0.39 is 35.8 Å². The summed E-state index contributed by atoms with van der Waals surface area (Å²) in [6.45, 7) is -0.0114. The highest BCUT2D eigenvalue weighted by atomic mass is 19.4. The summed E-state index contributed by atoms with van der Waals surface area (Å²) in [7, 11) is 0. The quantitative estimate of drug-likeness (QED) is 0.498. The lowest BCUT2D eigenvalue weighted by molar-refractivity contribution is -0.135. The number of benzene rings is 1. The molecule has 0 aliphatic heterocycles. The van der Waals surface area contributed by atoms with Crippen LogP contribution in [0.15, 0.2) is 12.1 Å². The minimum absolute atomic E-state index is 0.0114. The van der Waals surface area contributed by atoms with E-state index in [2.05, 4.69) is 5.32 Å². The van der Waals surface area contributed by atoms with E-state index in [-0.39, 0.29) is 24.9 Å². The van der Waals surface area contributed by atoms with Gasteiger partial charge in [0, 0.05) is 18.5 Å². The van der Waals surface area contributed by atoms with Crippen molar-refractivity contribution in [3.05, 3.63) is 29.3 Å². The van der Waals surface area contributed by atoms with E-state index in [1.165, 1.54) is 0 Å². The summed E-state index contributed by atoms with van der Waals surface area (Å²) in [4.78, 5) is 11.5. The van der Waals surface area contributed by atoms with Crippen molar-refractivity contribution in [2.24, 2.45) is 0 Å². The number of nitrogens with one attached hydrogen (secondary N) is 1. The molecule has 112 valence electrons. The first-order valence-corrected chi connectivity index (χ1v) is 5.80. The maximum absolute atomic E-state index is 13.1. The van der Waals surface area contributed by atoms with Crippen molar-refractivity contribution in [2.75, 3.05) is 12.3 Å². The third-order valence-corrected chi connectivity index (χ3v) is 2.51. The molecule has 1 amide bonds. The molecule has 0 unspecified atom stereocenters. The third kappa shape index (κ3) is 5.02. The summed E-state index contributed by atoms with van der Waals surface area (Å²) >= 11 is 0. The van der Waals surface area contributed by atoms with Crippen LogP contribution in [0.25, 0.3) is 0 Å². The number of rotatable bonds is 5. The molecule has 0 radical (unpaired) electrons. The smallest absolute Gasteiger partial charge is 0.389 e. The largest absolute Gasteiger partial charge is 0.394 e. The van der Waals surface area contributed by atoms with Gasteiger partial charge in [-0.1, -0.05) is 0 Å². The lowest BCUT2D eigenvalue weighted by atomic mass is 10.1. The van der Waals surface area contributed by atoms with Crippen molar-refractivity contribution in [1.29, 1.82) is 0 Å². The summed E-state index contributed by atoms with van der Waals surface area (Å²) < 4.78 is 61.8. The molecule has 0 heterocycles. The summed E-state index contributed by atoms with van der Waals surface area (Å²) in [5, 5.41) is 2.28. The molecule has 0 aliphatic rings. The molecule has 0 saturated heterocycles. The van der Waals surface area contributed by atoms with Gasteiger partial charge in [0.15, 0.2) is 0 Å². The molecular weight excluding hydrogens is 283 g/mol. The Morgan fingerprint density at radius 2 is 1.70 bits per heavy atom. The Morgan fingerprint density at radius 3 is 2.20 bits per heavy atom. The van der Waals surface area contributed by atoms with Gasteiger partial charge in [-0.25, -0.2) is 8.78 Å². The van der Waals surface area contributed by atoms with Gasteiger partial charge >= 0.3 is 6.18 Å². The molecule has 1 rings (SSSR count). The first kappa shape index (κ1) is 16.2. The second kappa shape index (κ2) is 6.53. The Hall–Kier alpha value is -1.86. The van der Waals surface area contributed by atoms with Crippen molar-refractivity contribution >= 4 is 11.6 Å². The lowest BCUT2D eigenvalue weighted by Gasteiger charge is -2.08. The predicted octanol–water partition coefficient (Wildman–Crippen LogP) is 3.01. The van der Waals surface area contributed by atoms with Crippen LogP contribution >= 0.6 is 0 Å². The van der Waals surface area contributed by atoms with Crippen LogP contribution in [-0.2, 0) is 0 Å². The number of nitrogens with two attached hydrogens (primary N) is 1. The molecule has 3 nitrogen and oxygen atoms in total. The first-order valence-electron chi connectivity index (χ1n) is 5.80. The van der Waals surface area contributed by atoms with Gasteiger partial charge < -0.3 is 11.1 Å². The first-order chi connectivity index (χ1) is 9.20. The summed E-state index contributed by atoms with van der Waals surface area (Å²) in [5.74, 6) is -2.89. The van der Waals surface area contributed by atoms with Crippen molar-refractivity contribution in [1.82, 2.24) is 5.32 Å². The number of hydrogen-bond acceptors (Lipinski definition) is 2. The van der Waals surface area contributed by atoms with E-state index >= 15 is 0 Å². The zero-order valence-electron chi connectivity index (χ0n) is 10.4. The Morgan fingerprint density at radius 1 is 1.15 bits per heavy atom. The highest BCUT2D eigenvalue weighted by Gasteiger charge is 2.25. The van der Waals surface area contributed by atoms with Crippen LogP contribution in [0.1, 0.15) is 29.6 Å². The van der Waals surface area contributed by atoms with Crippen molar-refractivity contribution in [2.45, 2.75) is 25.4 Å². The molecular formula is C12H13F5N2O. The molecule has 20 heavy (non-hydrogen) atoms. The summed E-state index contributed by atoms with van der Waals surface area (Å²) in [6, 6.07) is 1.53. The number of alkyl halides is 3. The minimum Gasteiger partial charge on any atom is -0.394 e. The molecule has 0 fully saturated rings. The Balaban J connectivity index is 2.44. The van der Waals surface area contributed by atoms with E-state index in [1.54, 1.807) is 0 Å². The second-order valence-electron chi connectivity index (χ2n) is 4.18. The van der Waals surface area contributed by atoms with Crippen LogP contribution in [0.4, 0.5) is 27.6 Å². The van der Waals surface area contributed by atoms with Crippen molar-refractivity contribution in [3.63, 3.8) is 0 Å². The Labute approximate surface area is 112 Å². The number of hydrogen-bond donors (Lipinski definition) is 2. The zero-order chi connectivity index (χ0) is 15.3. The highest BCUT2D eigenvalue weighted by Crippen LogP contribution is 2.22. The predicted molar refractivity (Wildman–Crippen MR) is 63.0 cm³/mol. The fourth-order valence-electron chi connectivity index (χ4n) is 1.47. The van der Waals surface area contributed by atoms with Crippen LogP contribution in [0.5, 0.6) is 0 Å². The number of carbonyl (C=O) groups is 1. The molecule has 0 atom stereocenters. The molecule has 0 spiro atoms. The number of unbranched alkanes of at least 4 members (excludes halogenated alkanes) is 1. The average molecular weight is 296 g/mol. The normalized spacial score (nSPS) is 11.4. The van der Waals surface area contributed by atoms with E-state index in [9.17, 15) is 26.7 Å². The molecule has 0 bridgehead atoms. The molecule has 0 aromatic heterocycles. The molecule has 1 aromatic rings. The van der Waals surface area contributed by atoms with Crippen molar-refractivity contribution in [3.8, 4) is 0 Å². The van der Waals surface area contributed by atoms with Crippen LogP contribution in [0, 0.1) is 11.6 Å². The average Bonchev–Trinajstić information content (AvgIpc) is 2.33. The van der Waals surface area contributed by atoms with Gasteiger partial charge in [0.2, 0.25) is 0 Å². The van der Waals surface area contributed by atoms with E-state index in [1.807, 2.05) is 0 Å².